The van der Waals surface area contributed by atoms with E-state index in [2.05, 4.69) is 256 Å². The predicted molar refractivity (Wildman–Crippen MR) is 287 cm³/mol. The first-order valence-corrected chi connectivity index (χ1v) is 23.8. The molecule has 0 bridgehead atoms. The Balaban J connectivity index is 1.28. The highest BCUT2D eigenvalue weighted by Gasteiger charge is 2.50. The van der Waals surface area contributed by atoms with Crippen LogP contribution in [0.4, 0.5) is 34.1 Å². The molecule has 13 rings (SSSR count). The number of hydrogen-bond donors (Lipinski definition) is 0. The molecule has 1 aliphatic rings. The van der Waals surface area contributed by atoms with Crippen LogP contribution >= 0.6 is 0 Å². The number of nitrogens with zero attached hydrogens (tertiary/aromatic N) is 2. The van der Waals surface area contributed by atoms with E-state index < -0.39 is 5.41 Å². The number of para-hydroxylation sites is 4. The Morgan fingerprint density at radius 1 is 0.348 bits per heavy atom. The van der Waals surface area contributed by atoms with Crippen molar-refractivity contribution in [1.29, 1.82) is 0 Å². The molecular formula is C65H48N2O2. The highest BCUT2D eigenvalue weighted by molar-refractivity contribution is 6.25. The van der Waals surface area contributed by atoms with Gasteiger partial charge in [0.15, 0.2) is 0 Å². The van der Waals surface area contributed by atoms with Gasteiger partial charge in [0, 0.05) is 44.6 Å². The molecule has 0 aliphatic heterocycles. The van der Waals surface area contributed by atoms with Gasteiger partial charge in [-0.25, -0.2) is 0 Å². The Morgan fingerprint density at radius 3 is 1.12 bits per heavy atom. The Kier molecular flexibility index (Phi) is 9.28. The monoisotopic (exact) mass is 888 g/mol. The van der Waals surface area contributed by atoms with E-state index in [1.165, 1.54) is 22.3 Å². The smallest absolute Gasteiger partial charge is 0.145 e. The van der Waals surface area contributed by atoms with Crippen molar-refractivity contribution in [3.05, 3.63) is 263 Å². The summed E-state index contributed by atoms with van der Waals surface area (Å²) in [5.74, 6) is 0. The molecule has 0 amide bonds. The van der Waals surface area contributed by atoms with E-state index in [9.17, 15) is 0 Å². The van der Waals surface area contributed by atoms with Gasteiger partial charge in [-0.1, -0.05) is 158 Å². The molecule has 0 atom stereocenters. The van der Waals surface area contributed by atoms with Crippen molar-refractivity contribution in [2.75, 3.05) is 9.80 Å². The van der Waals surface area contributed by atoms with Gasteiger partial charge in [-0.15, -0.1) is 0 Å². The minimum atomic E-state index is -0.856. The van der Waals surface area contributed by atoms with Crippen LogP contribution in [0.1, 0.15) is 44.5 Å². The molecule has 69 heavy (non-hydrogen) atoms. The fourth-order valence-corrected chi connectivity index (χ4v) is 11.4. The van der Waals surface area contributed by atoms with Crippen LogP contribution in [-0.2, 0) is 5.41 Å². The lowest BCUT2D eigenvalue weighted by Crippen LogP contribution is -2.29. The molecule has 0 N–H and O–H groups in total. The fourth-order valence-electron chi connectivity index (χ4n) is 11.4. The van der Waals surface area contributed by atoms with E-state index in [1.54, 1.807) is 0 Å². The molecule has 0 spiro atoms. The molecule has 0 saturated heterocycles. The first kappa shape index (κ1) is 40.7. The standard InChI is InChI=1S/C65H48N2O2/c1-41-33-35-43(3)53(37-41)66(47-25-13-7-14-26-47)55-39-51-61(63-59(55)49-29-17-19-31-57(49)68-63)62-52(65(51,45-21-9-5-10-22-45)46-23-11-6-12-24-46)40-56(60-50-30-18-20-32-58(50)69-64(60)62)67(48-27-15-8-16-28-48)54-38-42(2)34-36-44(54)4/h5-40H,1-4H3. The summed E-state index contributed by atoms with van der Waals surface area (Å²) in [6.07, 6.45) is 0. The summed E-state index contributed by atoms with van der Waals surface area (Å²) in [5, 5.41) is 4.20. The Morgan fingerprint density at radius 2 is 0.710 bits per heavy atom. The lowest BCUT2D eigenvalue weighted by atomic mass is 9.67. The van der Waals surface area contributed by atoms with Gasteiger partial charge in [0.2, 0.25) is 0 Å². The first-order chi connectivity index (χ1) is 33.9. The van der Waals surface area contributed by atoms with E-state index in [-0.39, 0.29) is 0 Å². The molecule has 0 radical (unpaired) electrons. The Hall–Kier alpha value is -8.60. The SMILES string of the molecule is Cc1ccc(C)c(N(c2ccccc2)c2cc3c(c4oc5ccccc5c24)-c2c(cc(N(c4ccccc4)c4cc(C)ccc4C)c4c2oc2ccccc24)C3(c2ccccc2)c2ccccc2)c1. The average Bonchev–Trinajstić information content (AvgIpc) is 4.06. The quantitative estimate of drug-likeness (QED) is 0.152. The number of aryl methyl sites for hydroxylation is 4. The third kappa shape index (κ3) is 6.08. The molecule has 2 heterocycles. The summed E-state index contributed by atoms with van der Waals surface area (Å²) >= 11 is 0. The van der Waals surface area contributed by atoms with Crippen LogP contribution in [0.25, 0.3) is 55.0 Å². The maximum absolute atomic E-state index is 7.42. The van der Waals surface area contributed by atoms with Gasteiger partial charge in [-0.3, -0.25) is 0 Å². The third-order valence-electron chi connectivity index (χ3n) is 14.5. The molecule has 2 aromatic heterocycles. The van der Waals surface area contributed by atoms with Gasteiger partial charge in [-0.05, 0) is 133 Å². The fraction of sp³-hybridized carbons (Fsp3) is 0.0769. The van der Waals surface area contributed by atoms with Crippen LogP contribution in [0.3, 0.4) is 0 Å². The maximum Gasteiger partial charge on any atom is 0.145 e. The maximum atomic E-state index is 7.42. The van der Waals surface area contributed by atoms with Gasteiger partial charge in [0.1, 0.15) is 22.3 Å². The van der Waals surface area contributed by atoms with Crippen molar-refractivity contribution in [3.8, 4) is 11.1 Å². The van der Waals surface area contributed by atoms with Crippen LogP contribution in [0, 0.1) is 27.7 Å². The molecule has 0 unspecified atom stereocenters. The number of fused-ring (bicyclic) bond motifs is 11. The van der Waals surface area contributed by atoms with Crippen LogP contribution in [0.2, 0.25) is 0 Å². The minimum Gasteiger partial charge on any atom is -0.455 e. The van der Waals surface area contributed by atoms with E-state index in [1.807, 2.05) is 0 Å². The summed E-state index contributed by atoms with van der Waals surface area (Å²) < 4.78 is 14.8. The normalized spacial score (nSPS) is 12.8. The summed E-state index contributed by atoms with van der Waals surface area (Å²) in [6, 6.07) is 79.3. The van der Waals surface area contributed by atoms with Crippen molar-refractivity contribution < 1.29 is 8.83 Å². The Bertz CT molecular complexity index is 3680. The lowest BCUT2D eigenvalue weighted by molar-refractivity contribution is 0.665. The van der Waals surface area contributed by atoms with Crippen LogP contribution in [0.15, 0.2) is 227 Å². The van der Waals surface area contributed by atoms with E-state index in [0.717, 1.165) is 111 Å². The summed E-state index contributed by atoms with van der Waals surface area (Å²) in [7, 11) is 0. The first-order valence-electron chi connectivity index (χ1n) is 23.8. The number of hydrogen-bond acceptors (Lipinski definition) is 4. The molecule has 4 nitrogen and oxygen atoms in total. The van der Waals surface area contributed by atoms with Crippen molar-refractivity contribution in [1.82, 2.24) is 0 Å². The highest BCUT2D eigenvalue weighted by Crippen LogP contribution is 2.64. The zero-order valence-electron chi connectivity index (χ0n) is 39.0. The van der Waals surface area contributed by atoms with Crippen LogP contribution in [-0.4, -0.2) is 0 Å². The van der Waals surface area contributed by atoms with Gasteiger partial charge in [0.25, 0.3) is 0 Å². The lowest BCUT2D eigenvalue weighted by Gasteiger charge is -2.36. The minimum absolute atomic E-state index is 0.828. The van der Waals surface area contributed by atoms with E-state index in [0.29, 0.717) is 0 Å². The molecule has 10 aromatic carbocycles. The molecular weight excluding hydrogens is 841 g/mol. The number of furan rings is 2. The second-order valence-corrected chi connectivity index (χ2v) is 18.6. The summed E-state index contributed by atoms with van der Waals surface area (Å²) in [5.41, 5.74) is 20.2. The second-order valence-electron chi connectivity index (χ2n) is 18.6. The molecule has 4 heteroatoms. The molecule has 12 aromatic rings. The largest absolute Gasteiger partial charge is 0.455 e. The molecule has 330 valence electrons. The van der Waals surface area contributed by atoms with Gasteiger partial charge in [-0.2, -0.15) is 0 Å². The summed E-state index contributed by atoms with van der Waals surface area (Å²) in [4.78, 5) is 4.91. The van der Waals surface area contributed by atoms with Crippen molar-refractivity contribution in [3.63, 3.8) is 0 Å². The third-order valence-corrected chi connectivity index (χ3v) is 14.5. The van der Waals surface area contributed by atoms with Crippen LogP contribution in [0.5, 0.6) is 0 Å². The van der Waals surface area contributed by atoms with Crippen molar-refractivity contribution in [2.45, 2.75) is 33.1 Å². The second kappa shape index (κ2) is 15.8. The van der Waals surface area contributed by atoms with Gasteiger partial charge >= 0.3 is 0 Å². The van der Waals surface area contributed by atoms with Crippen molar-refractivity contribution >= 4 is 78.0 Å². The highest BCUT2D eigenvalue weighted by atomic mass is 16.3. The van der Waals surface area contributed by atoms with Crippen LogP contribution < -0.4 is 9.80 Å². The average molecular weight is 889 g/mol. The summed E-state index contributed by atoms with van der Waals surface area (Å²) in [6.45, 7) is 8.78. The van der Waals surface area contributed by atoms with Crippen molar-refractivity contribution in [2.24, 2.45) is 0 Å². The topological polar surface area (TPSA) is 32.8 Å². The zero-order chi connectivity index (χ0) is 46.4. The van der Waals surface area contributed by atoms with Gasteiger partial charge < -0.3 is 18.6 Å². The van der Waals surface area contributed by atoms with E-state index in [4.69, 9.17) is 8.83 Å². The number of rotatable bonds is 8. The molecule has 0 saturated carbocycles. The van der Waals surface area contributed by atoms with Gasteiger partial charge in [0.05, 0.1) is 27.6 Å². The number of benzene rings is 10. The molecule has 1 aliphatic carbocycles. The zero-order valence-corrected chi connectivity index (χ0v) is 39.0. The van der Waals surface area contributed by atoms with E-state index >= 15 is 0 Å². The predicted octanol–water partition coefficient (Wildman–Crippen LogP) is 18.0. The number of anilines is 6. The molecule has 0 fully saturated rings. The Labute approximate surface area is 401 Å².